The number of aromatic nitrogens is 1. The Morgan fingerprint density at radius 1 is 1.00 bits per heavy atom. The normalized spacial score (nSPS) is 15.6. The van der Waals surface area contributed by atoms with Crippen LogP contribution in [0.4, 0.5) is 24.5 Å². The van der Waals surface area contributed by atoms with Crippen LogP contribution in [-0.2, 0) is 12.7 Å². The minimum Gasteiger partial charge on any atom is -0.508 e. The van der Waals surface area contributed by atoms with Crippen LogP contribution in [0.2, 0.25) is 0 Å². The molecule has 0 spiro atoms. The lowest BCUT2D eigenvalue weighted by molar-refractivity contribution is -0.137. The van der Waals surface area contributed by atoms with Crippen molar-refractivity contribution in [1.29, 1.82) is 0 Å². The molecule has 0 bridgehead atoms. The van der Waals surface area contributed by atoms with Gasteiger partial charge in [-0.3, -0.25) is 9.88 Å². The molecule has 2 N–H and O–H groups in total. The molecule has 152 valence electrons. The Morgan fingerprint density at radius 3 is 2.55 bits per heavy atom. The molecule has 1 fully saturated rings. The predicted octanol–water partition coefficient (Wildman–Crippen LogP) is 5.69. The standard InChI is InChI=1S/C22H22F3N3O/c23-22(24,25)16-4-6-18-19(8-9-26-20(18)13-16)27-17-5-7-21(29)15(12-17)14-28-10-2-1-3-11-28/h4-9,12-13,29H,1-3,10-11,14H2,(H,26,27). The number of hydrogen-bond donors (Lipinski definition) is 2. The van der Waals surface area contributed by atoms with E-state index in [1.165, 1.54) is 31.5 Å². The van der Waals surface area contributed by atoms with Gasteiger partial charge in [-0.15, -0.1) is 0 Å². The number of likely N-dealkylation sites (tertiary alicyclic amines) is 1. The number of piperidine rings is 1. The van der Waals surface area contributed by atoms with Gasteiger partial charge in [0.25, 0.3) is 0 Å². The number of alkyl halides is 3. The van der Waals surface area contributed by atoms with E-state index < -0.39 is 11.7 Å². The quantitative estimate of drug-likeness (QED) is 0.552. The fourth-order valence-corrected chi connectivity index (χ4v) is 3.74. The van der Waals surface area contributed by atoms with Gasteiger partial charge in [0.2, 0.25) is 0 Å². The highest BCUT2D eigenvalue weighted by atomic mass is 19.4. The Bertz CT molecular complexity index is 1010. The molecule has 0 unspecified atom stereocenters. The Kier molecular flexibility index (Phi) is 5.32. The molecule has 7 heteroatoms. The summed E-state index contributed by atoms with van der Waals surface area (Å²) in [4.78, 5) is 6.40. The van der Waals surface area contributed by atoms with E-state index >= 15 is 0 Å². The van der Waals surface area contributed by atoms with Crippen LogP contribution in [0, 0.1) is 0 Å². The number of nitrogens with zero attached hydrogens (tertiary/aromatic N) is 2. The smallest absolute Gasteiger partial charge is 0.416 e. The fourth-order valence-electron chi connectivity index (χ4n) is 3.74. The van der Waals surface area contributed by atoms with Crippen molar-refractivity contribution in [2.45, 2.75) is 32.0 Å². The first-order valence-electron chi connectivity index (χ1n) is 9.67. The minimum atomic E-state index is -4.40. The molecule has 0 amide bonds. The van der Waals surface area contributed by atoms with E-state index in [1.54, 1.807) is 18.2 Å². The summed E-state index contributed by atoms with van der Waals surface area (Å²) >= 11 is 0. The number of nitrogens with one attached hydrogen (secondary N) is 1. The summed E-state index contributed by atoms with van der Waals surface area (Å²) in [6, 6.07) is 10.6. The van der Waals surface area contributed by atoms with Crippen molar-refractivity contribution in [3.05, 3.63) is 59.8 Å². The van der Waals surface area contributed by atoms with Gasteiger partial charge in [0, 0.05) is 35.1 Å². The molecule has 29 heavy (non-hydrogen) atoms. The number of rotatable bonds is 4. The van der Waals surface area contributed by atoms with E-state index in [0.717, 1.165) is 36.5 Å². The van der Waals surface area contributed by atoms with Crippen molar-refractivity contribution in [2.75, 3.05) is 18.4 Å². The lowest BCUT2D eigenvalue weighted by Crippen LogP contribution is -2.29. The van der Waals surface area contributed by atoms with Gasteiger partial charge in [0.05, 0.1) is 11.1 Å². The molecule has 1 aliphatic heterocycles. The third-order valence-electron chi connectivity index (χ3n) is 5.27. The van der Waals surface area contributed by atoms with Gasteiger partial charge in [-0.1, -0.05) is 12.5 Å². The van der Waals surface area contributed by atoms with Crippen molar-refractivity contribution in [2.24, 2.45) is 0 Å². The minimum absolute atomic E-state index is 0.246. The Labute approximate surface area is 167 Å². The summed E-state index contributed by atoms with van der Waals surface area (Å²) in [5.41, 5.74) is 1.82. The largest absolute Gasteiger partial charge is 0.508 e. The number of benzene rings is 2. The number of halogens is 3. The van der Waals surface area contributed by atoms with Gasteiger partial charge in [0.1, 0.15) is 5.75 Å². The molecule has 1 saturated heterocycles. The number of fused-ring (bicyclic) bond motifs is 1. The van der Waals surface area contributed by atoms with E-state index in [4.69, 9.17) is 0 Å². The summed E-state index contributed by atoms with van der Waals surface area (Å²) in [7, 11) is 0. The lowest BCUT2D eigenvalue weighted by Gasteiger charge is -2.26. The Morgan fingerprint density at radius 2 is 1.79 bits per heavy atom. The van der Waals surface area contributed by atoms with E-state index in [1.807, 2.05) is 6.07 Å². The first-order valence-corrected chi connectivity index (χ1v) is 9.67. The van der Waals surface area contributed by atoms with E-state index in [9.17, 15) is 18.3 Å². The lowest BCUT2D eigenvalue weighted by atomic mass is 10.1. The fraction of sp³-hybridized carbons (Fsp3) is 0.318. The van der Waals surface area contributed by atoms with Crippen molar-refractivity contribution in [1.82, 2.24) is 9.88 Å². The molecular formula is C22H22F3N3O. The van der Waals surface area contributed by atoms with Crippen LogP contribution in [0.3, 0.4) is 0 Å². The molecule has 4 rings (SSSR count). The van der Waals surface area contributed by atoms with Crippen LogP contribution in [-0.4, -0.2) is 28.1 Å². The average Bonchev–Trinajstić information content (AvgIpc) is 2.70. The second kappa shape index (κ2) is 7.91. The van der Waals surface area contributed by atoms with Gasteiger partial charge in [-0.2, -0.15) is 13.2 Å². The molecule has 0 aliphatic carbocycles. The highest BCUT2D eigenvalue weighted by Crippen LogP contribution is 2.34. The summed E-state index contributed by atoms with van der Waals surface area (Å²) < 4.78 is 38.9. The molecule has 0 atom stereocenters. The number of pyridine rings is 1. The zero-order valence-electron chi connectivity index (χ0n) is 15.8. The van der Waals surface area contributed by atoms with E-state index in [2.05, 4.69) is 15.2 Å². The molecule has 3 aromatic rings. The summed E-state index contributed by atoms with van der Waals surface area (Å²) in [6.45, 7) is 2.72. The summed E-state index contributed by atoms with van der Waals surface area (Å²) in [6.07, 6.45) is 0.665. The maximum absolute atomic E-state index is 13.0. The molecule has 1 aromatic heterocycles. The Balaban J connectivity index is 1.60. The zero-order valence-corrected chi connectivity index (χ0v) is 15.8. The van der Waals surface area contributed by atoms with E-state index in [-0.39, 0.29) is 11.3 Å². The third kappa shape index (κ3) is 4.45. The number of anilines is 2. The van der Waals surface area contributed by atoms with Crippen molar-refractivity contribution in [3.8, 4) is 5.75 Å². The molecule has 0 radical (unpaired) electrons. The summed E-state index contributed by atoms with van der Waals surface area (Å²) in [5, 5.41) is 14.1. The highest BCUT2D eigenvalue weighted by molar-refractivity contribution is 5.93. The second-order valence-electron chi connectivity index (χ2n) is 7.39. The van der Waals surface area contributed by atoms with Crippen LogP contribution in [0.1, 0.15) is 30.4 Å². The molecule has 2 heterocycles. The predicted molar refractivity (Wildman–Crippen MR) is 107 cm³/mol. The average molecular weight is 401 g/mol. The van der Waals surface area contributed by atoms with Crippen LogP contribution >= 0.6 is 0 Å². The molecule has 1 aliphatic rings. The van der Waals surface area contributed by atoms with E-state index in [0.29, 0.717) is 17.6 Å². The third-order valence-corrected chi connectivity index (χ3v) is 5.27. The number of hydrogen-bond acceptors (Lipinski definition) is 4. The van der Waals surface area contributed by atoms with Gasteiger partial charge in [-0.25, -0.2) is 0 Å². The van der Waals surface area contributed by atoms with Gasteiger partial charge in [0.15, 0.2) is 0 Å². The van der Waals surface area contributed by atoms with Crippen LogP contribution in [0.5, 0.6) is 5.75 Å². The summed E-state index contributed by atoms with van der Waals surface area (Å²) in [5.74, 6) is 0.246. The second-order valence-corrected chi connectivity index (χ2v) is 7.39. The molecule has 0 saturated carbocycles. The maximum atomic E-state index is 13.0. The van der Waals surface area contributed by atoms with Crippen LogP contribution < -0.4 is 5.32 Å². The topological polar surface area (TPSA) is 48.4 Å². The number of phenols is 1. The zero-order chi connectivity index (χ0) is 20.4. The first kappa shape index (κ1) is 19.5. The van der Waals surface area contributed by atoms with Gasteiger partial charge >= 0.3 is 6.18 Å². The van der Waals surface area contributed by atoms with Gasteiger partial charge < -0.3 is 10.4 Å². The van der Waals surface area contributed by atoms with Crippen LogP contribution in [0.15, 0.2) is 48.7 Å². The van der Waals surface area contributed by atoms with Crippen molar-refractivity contribution >= 4 is 22.3 Å². The number of aromatic hydroxyl groups is 1. The maximum Gasteiger partial charge on any atom is 0.416 e. The van der Waals surface area contributed by atoms with Crippen molar-refractivity contribution < 1.29 is 18.3 Å². The van der Waals surface area contributed by atoms with Crippen molar-refractivity contribution in [3.63, 3.8) is 0 Å². The highest BCUT2D eigenvalue weighted by Gasteiger charge is 2.30. The number of phenolic OH excluding ortho intramolecular Hbond substituents is 1. The SMILES string of the molecule is Oc1ccc(Nc2ccnc3cc(C(F)(F)F)ccc23)cc1CN1CCCCC1. The van der Waals surface area contributed by atoms with Crippen LogP contribution in [0.25, 0.3) is 10.9 Å². The molecular weight excluding hydrogens is 379 g/mol. The first-order chi connectivity index (χ1) is 13.9. The molecule has 4 nitrogen and oxygen atoms in total. The Hall–Kier alpha value is -2.80. The van der Waals surface area contributed by atoms with Gasteiger partial charge in [-0.05, 0) is 62.3 Å². The molecule has 2 aromatic carbocycles. The monoisotopic (exact) mass is 401 g/mol.